The third-order valence-corrected chi connectivity index (χ3v) is 3.42. The topological polar surface area (TPSA) is 49.2 Å². The number of ether oxygens (including phenoxy) is 1. The summed E-state index contributed by atoms with van der Waals surface area (Å²) < 4.78 is 5.27. The van der Waals surface area contributed by atoms with Crippen LogP contribution in [0.1, 0.15) is 16.7 Å². The molecule has 0 N–H and O–H groups in total. The predicted molar refractivity (Wildman–Crippen MR) is 57.6 cm³/mol. The number of thiazole rings is 1. The molecule has 0 amide bonds. The monoisotopic (exact) mass is 223 g/mol. The largest absolute Gasteiger partial charge is 0.379 e. The Morgan fingerprint density at radius 2 is 2.33 bits per heavy atom. The summed E-state index contributed by atoms with van der Waals surface area (Å²) in [5, 5.41) is 12.1. The lowest BCUT2D eigenvalue weighted by Crippen LogP contribution is -2.38. The van der Waals surface area contributed by atoms with Crippen molar-refractivity contribution >= 4 is 11.3 Å². The van der Waals surface area contributed by atoms with Crippen LogP contribution in [0.2, 0.25) is 0 Å². The standard InChI is InChI=1S/C10H13N3OS/c1-8-7-15-10(12-8)9(6-11)13-2-4-14-5-3-13/h7,9H,2-5H2,1H3. The second-order valence-electron chi connectivity index (χ2n) is 3.51. The van der Waals surface area contributed by atoms with Crippen LogP contribution in [-0.2, 0) is 4.74 Å². The molecule has 5 heteroatoms. The van der Waals surface area contributed by atoms with Gasteiger partial charge in [0.1, 0.15) is 5.01 Å². The number of morpholine rings is 1. The first-order chi connectivity index (χ1) is 7.31. The highest BCUT2D eigenvalue weighted by Gasteiger charge is 2.24. The zero-order valence-corrected chi connectivity index (χ0v) is 9.46. The van der Waals surface area contributed by atoms with Crippen molar-refractivity contribution in [2.75, 3.05) is 26.3 Å². The van der Waals surface area contributed by atoms with Crippen LogP contribution in [0.15, 0.2) is 5.38 Å². The molecule has 1 atom stereocenters. The van der Waals surface area contributed by atoms with E-state index in [-0.39, 0.29) is 6.04 Å². The predicted octanol–water partition coefficient (Wildman–Crippen LogP) is 1.35. The van der Waals surface area contributed by atoms with E-state index < -0.39 is 0 Å². The molecular formula is C10H13N3OS. The zero-order chi connectivity index (χ0) is 10.7. The minimum atomic E-state index is -0.201. The van der Waals surface area contributed by atoms with E-state index >= 15 is 0 Å². The van der Waals surface area contributed by atoms with Gasteiger partial charge >= 0.3 is 0 Å². The van der Waals surface area contributed by atoms with Crippen molar-refractivity contribution in [2.45, 2.75) is 13.0 Å². The van der Waals surface area contributed by atoms with Crippen LogP contribution in [-0.4, -0.2) is 36.2 Å². The molecule has 0 spiro atoms. The number of aromatic nitrogens is 1. The van der Waals surface area contributed by atoms with E-state index in [0.717, 1.165) is 23.8 Å². The molecule has 1 aliphatic heterocycles. The summed E-state index contributed by atoms with van der Waals surface area (Å²) in [5.74, 6) is 0. The fourth-order valence-electron chi connectivity index (χ4n) is 1.63. The molecular weight excluding hydrogens is 210 g/mol. The van der Waals surface area contributed by atoms with Gasteiger partial charge in [-0.25, -0.2) is 4.98 Å². The Morgan fingerprint density at radius 1 is 1.60 bits per heavy atom. The summed E-state index contributed by atoms with van der Waals surface area (Å²) in [5.41, 5.74) is 0.989. The van der Waals surface area contributed by atoms with E-state index in [2.05, 4.69) is 16.0 Å². The molecule has 1 saturated heterocycles. The van der Waals surface area contributed by atoms with E-state index in [0.29, 0.717) is 13.2 Å². The lowest BCUT2D eigenvalue weighted by molar-refractivity contribution is 0.0266. The van der Waals surface area contributed by atoms with Crippen LogP contribution in [0, 0.1) is 18.3 Å². The molecule has 2 rings (SSSR count). The molecule has 0 bridgehead atoms. The summed E-state index contributed by atoms with van der Waals surface area (Å²) in [4.78, 5) is 6.50. The molecule has 2 heterocycles. The maximum absolute atomic E-state index is 9.18. The fourth-order valence-corrected chi connectivity index (χ4v) is 2.50. The maximum atomic E-state index is 9.18. The number of nitriles is 1. The van der Waals surface area contributed by atoms with Gasteiger partial charge in [0.05, 0.1) is 19.3 Å². The lowest BCUT2D eigenvalue weighted by Gasteiger charge is -2.29. The lowest BCUT2D eigenvalue weighted by atomic mass is 10.2. The quantitative estimate of drug-likeness (QED) is 0.759. The molecule has 1 unspecified atom stereocenters. The minimum Gasteiger partial charge on any atom is -0.379 e. The number of hydrogen-bond donors (Lipinski definition) is 0. The minimum absolute atomic E-state index is 0.201. The molecule has 15 heavy (non-hydrogen) atoms. The molecule has 0 saturated carbocycles. The van der Waals surface area contributed by atoms with E-state index in [1.165, 1.54) is 0 Å². The normalized spacial score (nSPS) is 19.7. The van der Waals surface area contributed by atoms with Crippen molar-refractivity contribution in [3.63, 3.8) is 0 Å². The average Bonchev–Trinajstić information content (AvgIpc) is 2.68. The van der Waals surface area contributed by atoms with Crippen LogP contribution in [0.5, 0.6) is 0 Å². The van der Waals surface area contributed by atoms with Crippen molar-refractivity contribution < 1.29 is 4.74 Å². The first kappa shape index (κ1) is 10.6. The van der Waals surface area contributed by atoms with E-state index in [4.69, 9.17) is 4.74 Å². The first-order valence-corrected chi connectivity index (χ1v) is 5.82. The molecule has 0 aromatic carbocycles. The summed E-state index contributed by atoms with van der Waals surface area (Å²) in [6, 6.07) is 2.12. The Balaban J connectivity index is 2.13. The molecule has 1 fully saturated rings. The van der Waals surface area contributed by atoms with Gasteiger partial charge in [-0.1, -0.05) is 0 Å². The van der Waals surface area contributed by atoms with Gasteiger partial charge < -0.3 is 4.74 Å². The molecule has 4 nitrogen and oxygen atoms in total. The smallest absolute Gasteiger partial charge is 0.150 e. The van der Waals surface area contributed by atoms with Crippen molar-refractivity contribution in [2.24, 2.45) is 0 Å². The Hall–Kier alpha value is -0.960. The highest BCUT2D eigenvalue weighted by molar-refractivity contribution is 7.09. The Labute approximate surface area is 93.1 Å². The SMILES string of the molecule is Cc1csc(C(C#N)N2CCOCC2)n1. The van der Waals surface area contributed by atoms with Gasteiger partial charge in [0.2, 0.25) is 0 Å². The van der Waals surface area contributed by atoms with Crippen LogP contribution < -0.4 is 0 Å². The van der Waals surface area contributed by atoms with Crippen molar-refractivity contribution in [3.05, 3.63) is 16.1 Å². The number of hydrogen-bond acceptors (Lipinski definition) is 5. The maximum Gasteiger partial charge on any atom is 0.150 e. The van der Waals surface area contributed by atoms with Crippen molar-refractivity contribution in [3.8, 4) is 6.07 Å². The van der Waals surface area contributed by atoms with Crippen LogP contribution in [0.3, 0.4) is 0 Å². The van der Waals surface area contributed by atoms with Gasteiger partial charge in [-0.15, -0.1) is 11.3 Å². The van der Waals surface area contributed by atoms with Gasteiger partial charge in [0, 0.05) is 24.2 Å². The van der Waals surface area contributed by atoms with Crippen LogP contribution >= 0.6 is 11.3 Å². The number of rotatable bonds is 2. The van der Waals surface area contributed by atoms with Gasteiger partial charge in [0.15, 0.2) is 6.04 Å². The van der Waals surface area contributed by atoms with E-state index in [1.54, 1.807) is 11.3 Å². The van der Waals surface area contributed by atoms with Crippen molar-refractivity contribution in [1.82, 2.24) is 9.88 Å². The van der Waals surface area contributed by atoms with Gasteiger partial charge in [-0.2, -0.15) is 5.26 Å². The van der Waals surface area contributed by atoms with Gasteiger partial charge in [-0.3, -0.25) is 4.90 Å². The van der Waals surface area contributed by atoms with Gasteiger partial charge in [-0.05, 0) is 6.92 Å². The third kappa shape index (κ3) is 2.34. The molecule has 1 aromatic heterocycles. The highest BCUT2D eigenvalue weighted by atomic mass is 32.1. The molecule has 0 radical (unpaired) electrons. The highest BCUT2D eigenvalue weighted by Crippen LogP contribution is 2.24. The molecule has 1 aliphatic rings. The fraction of sp³-hybridized carbons (Fsp3) is 0.600. The molecule has 1 aromatic rings. The average molecular weight is 223 g/mol. The molecule has 80 valence electrons. The number of nitrogens with zero attached hydrogens (tertiary/aromatic N) is 3. The Kier molecular flexibility index (Phi) is 3.31. The third-order valence-electron chi connectivity index (χ3n) is 2.40. The second kappa shape index (κ2) is 4.71. The number of aryl methyl sites for hydroxylation is 1. The second-order valence-corrected chi connectivity index (χ2v) is 4.40. The molecule has 0 aliphatic carbocycles. The van der Waals surface area contributed by atoms with E-state index in [9.17, 15) is 5.26 Å². The summed E-state index contributed by atoms with van der Waals surface area (Å²) in [7, 11) is 0. The van der Waals surface area contributed by atoms with Crippen LogP contribution in [0.4, 0.5) is 0 Å². The summed E-state index contributed by atoms with van der Waals surface area (Å²) >= 11 is 1.56. The zero-order valence-electron chi connectivity index (χ0n) is 8.64. The summed E-state index contributed by atoms with van der Waals surface area (Å²) in [6.07, 6.45) is 0. The first-order valence-electron chi connectivity index (χ1n) is 4.94. The Bertz CT molecular complexity index is 365. The van der Waals surface area contributed by atoms with Gasteiger partial charge in [0.25, 0.3) is 0 Å². The summed E-state index contributed by atoms with van der Waals surface area (Å²) in [6.45, 7) is 5.01. The van der Waals surface area contributed by atoms with Crippen molar-refractivity contribution in [1.29, 1.82) is 5.26 Å². The van der Waals surface area contributed by atoms with Crippen LogP contribution in [0.25, 0.3) is 0 Å². The Morgan fingerprint density at radius 3 is 2.87 bits per heavy atom. The van der Waals surface area contributed by atoms with E-state index in [1.807, 2.05) is 12.3 Å².